The first-order valence-corrected chi connectivity index (χ1v) is 19.9. The highest BCUT2D eigenvalue weighted by atomic mass is 28.4. The number of rotatable bonds is 8. The minimum atomic E-state index is -2.04. The molecular weight excluding hydrogens is 507 g/mol. The van der Waals surface area contributed by atoms with Crippen LogP contribution in [0.1, 0.15) is 89.1 Å². The molecule has 1 saturated carbocycles. The third-order valence-corrected chi connectivity index (χ3v) is 17.5. The van der Waals surface area contributed by atoms with E-state index < -0.39 is 16.6 Å². The van der Waals surface area contributed by atoms with Gasteiger partial charge in [-0.05, 0) is 91.6 Å². The number of hydroxylamine groups is 1. The fourth-order valence-corrected chi connectivity index (χ4v) is 6.23. The summed E-state index contributed by atoms with van der Waals surface area (Å²) in [5, 5.41) is 0.228. The number of hydrogen-bond acceptors (Lipinski definition) is 5. The first-order valence-electron chi connectivity index (χ1n) is 14.0. The topological polar surface area (TPSA) is 56.8 Å². The maximum atomic E-state index is 12.3. The van der Waals surface area contributed by atoms with Crippen molar-refractivity contribution in [3.05, 3.63) is 59.7 Å². The van der Waals surface area contributed by atoms with Gasteiger partial charge in [-0.15, -0.1) is 5.48 Å². The Morgan fingerprint density at radius 3 is 1.89 bits per heavy atom. The average Bonchev–Trinajstić information content (AvgIpc) is 2.82. The Labute approximate surface area is 232 Å². The second kappa shape index (κ2) is 11.6. The van der Waals surface area contributed by atoms with Crippen LogP contribution in [0, 0.1) is 0 Å². The predicted octanol–water partition coefficient (Wildman–Crippen LogP) is 8.84. The first-order chi connectivity index (χ1) is 17.5. The van der Waals surface area contributed by atoms with E-state index in [0.29, 0.717) is 11.5 Å². The Morgan fingerprint density at radius 2 is 1.34 bits per heavy atom. The summed E-state index contributed by atoms with van der Waals surface area (Å²) in [7, 11) is -4.01. The van der Waals surface area contributed by atoms with Crippen LogP contribution in [-0.4, -0.2) is 28.6 Å². The van der Waals surface area contributed by atoms with Gasteiger partial charge in [0, 0.05) is 12.1 Å². The summed E-state index contributed by atoms with van der Waals surface area (Å²) < 4.78 is 13.6. The normalized spacial score (nSPS) is 19.1. The summed E-state index contributed by atoms with van der Waals surface area (Å²) >= 11 is 0. The van der Waals surface area contributed by atoms with Crippen LogP contribution < -0.4 is 14.3 Å². The van der Waals surface area contributed by atoms with E-state index in [2.05, 4.69) is 91.4 Å². The van der Waals surface area contributed by atoms with Gasteiger partial charge < -0.3 is 13.7 Å². The standard InChI is InChI=1S/C31H49NO4Si2/c1-30(2,3)37(7,8)35-26-20-21-27(28(22-26)36-38(9,10)31(4,5)6)23-16-18-25(19-17-23)32-34-29(33)24-14-12-11-13-15-24/h11-15,20-23,25,32H,16-19H2,1-10H3/t23-,25-. The van der Waals surface area contributed by atoms with Gasteiger partial charge in [0.2, 0.25) is 16.6 Å². The molecule has 0 radical (unpaired) electrons. The van der Waals surface area contributed by atoms with E-state index >= 15 is 0 Å². The lowest BCUT2D eigenvalue weighted by atomic mass is 9.81. The molecule has 210 valence electrons. The molecule has 7 heteroatoms. The summed E-state index contributed by atoms with van der Waals surface area (Å²) in [6.45, 7) is 22.8. The number of benzene rings is 2. The van der Waals surface area contributed by atoms with Crippen LogP contribution in [0.5, 0.6) is 11.5 Å². The molecule has 2 aromatic rings. The van der Waals surface area contributed by atoms with Crippen molar-refractivity contribution in [3.63, 3.8) is 0 Å². The smallest absolute Gasteiger partial charge is 0.356 e. The molecule has 1 aliphatic rings. The van der Waals surface area contributed by atoms with E-state index in [0.717, 1.165) is 37.2 Å². The SMILES string of the molecule is CC(C)(C)[Si](C)(C)Oc1ccc([C@H]2CC[C@H](NOC(=O)c3ccccc3)CC2)c(O[Si](C)(C)C(C)(C)C)c1. The molecule has 0 unspecified atom stereocenters. The zero-order valence-corrected chi connectivity index (χ0v) is 27.2. The number of nitrogens with one attached hydrogen (secondary N) is 1. The van der Waals surface area contributed by atoms with Gasteiger partial charge >= 0.3 is 5.97 Å². The first kappa shape index (κ1) is 30.4. The van der Waals surface area contributed by atoms with Crippen molar-refractivity contribution in [2.45, 2.75) is 115 Å². The molecule has 0 spiro atoms. The summed E-state index contributed by atoms with van der Waals surface area (Å²) in [5.74, 6) is 1.96. The molecule has 2 aromatic carbocycles. The van der Waals surface area contributed by atoms with Crippen molar-refractivity contribution >= 4 is 22.6 Å². The van der Waals surface area contributed by atoms with E-state index in [1.165, 1.54) is 5.56 Å². The lowest BCUT2D eigenvalue weighted by Gasteiger charge is -2.39. The van der Waals surface area contributed by atoms with Gasteiger partial charge in [-0.25, -0.2) is 4.79 Å². The molecule has 1 aliphatic carbocycles. The van der Waals surface area contributed by atoms with Crippen LogP contribution in [0.15, 0.2) is 48.5 Å². The van der Waals surface area contributed by atoms with E-state index in [1.807, 2.05) is 18.2 Å². The quantitative estimate of drug-likeness (QED) is 0.260. The van der Waals surface area contributed by atoms with Crippen molar-refractivity contribution in [1.82, 2.24) is 5.48 Å². The van der Waals surface area contributed by atoms with Gasteiger partial charge in [0.15, 0.2) is 0 Å². The van der Waals surface area contributed by atoms with Crippen LogP contribution in [0.2, 0.25) is 36.3 Å². The van der Waals surface area contributed by atoms with E-state index in [4.69, 9.17) is 13.7 Å². The molecule has 5 nitrogen and oxygen atoms in total. The van der Waals surface area contributed by atoms with Crippen molar-refractivity contribution in [1.29, 1.82) is 0 Å². The fraction of sp³-hybridized carbons (Fsp3) is 0.581. The van der Waals surface area contributed by atoms with Gasteiger partial charge in [-0.1, -0.05) is 65.8 Å². The van der Waals surface area contributed by atoms with Crippen LogP contribution in [0.25, 0.3) is 0 Å². The van der Waals surface area contributed by atoms with Gasteiger partial charge in [0.1, 0.15) is 11.5 Å². The molecule has 3 rings (SSSR count). The Hall–Kier alpha value is -2.10. The molecule has 0 bridgehead atoms. The zero-order valence-electron chi connectivity index (χ0n) is 25.2. The third-order valence-electron chi connectivity index (χ3n) is 8.83. The summed E-state index contributed by atoms with van der Waals surface area (Å²) in [6, 6.07) is 15.8. The minimum absolute atomic E-state index is 0.102. The maximum absolute atomic E-state index is 12.3. The molecule has 0 saturated heterocycles. The highest BCUT2D eigenvalue weighted by molar-refractivity contribution is 6.75. The second-order valence-corrected chi connectivity index (χ2v) is 23.3. The molecular formula is C31H49NO4Si2. The van der Waals surface area contributed by atoms with Gasteiger partial charge in [0.25, 0.3) is 0 Å². The van der Waals surface area contributed by atoms with Crippen LogP contribution in [0.3, 0.4) is 0 Å². The summed E-state index contributed by atoms with van der Waals surface area (Å²) in [5.41, 5.74) is 4.86. The van der Waals surface area contributed by atoms with Crippen molar-refractivity contribution in [3.8, 4) is 11.5 Å². The summed E-state index contributed by atoms with van der Waals surface area (Å²) in [4.78, 5) is 17.7. The Kier molecular flexibility index (Phi) is 9.26. The highest BCUT2D eigenvalue weighted by Crippen LogP contribution is 2.45. The molecule has 1 fully saturated rings. The highest BCUT2D eigenvalue weighted by Gasteiger charge is 2.41. The summed E-state index contributed by atoms with van der Waals surface area (Å²) in [6.07, 6.45) is 3.90. The molecule has 0 aliphatic heterocycles. The molecule has 0 aromatic heterocycles. The lowest BCUT2D eigenvalue weighted by molar-refractivity contribution is 0.0106. The average molecular weight is 556 g/mol. The molecule has 0 atom stereocenters. The minimum Gasteiger partial charge on any atom is -0.543 e. The zero-order chi connectivity index (χ0) is 28.4. The number of hydrogen-bond donors (Lipinski definition) is 1. The van der Waals surface area contributed by atoms with Crippen molar-refractivity contribution in [2.24, 2.45) is 0 Å². The van der Waals surface area contributed by atoms with Crippen LogP contribution >= 0.6 is 0 Å². The third kappa shape index (κ3) is 7.51. The Bertz CT molecular complexity index is 1080. The van der Waals surface area contributed by atoms with E-state index in [9.17, 15) is 4.79 Å². The van der Waals surface area contributed by atoms with E-state index in [-0.39, 0.29) is 22.1 Å². The number of carbonyl (C=O) groups is 1. The lowest BCUT2D eigenvalue weighted by Crippen LogP contribution is -2.44. The molecule has 0 amide bonds. The Balaban J connectivity index is 1.75. The monoisotopic (exact) mass is 555 g/mol. The van der Waals surface area contributed by atoms with E-state index in [1.54, 1.807) is 12.1 Å². The van der Waals surface area contributed by atoms with Crippen LogP contribution in [0.4, 0.5) is 0 Å². The Morgan fingerprint density at radius 1 is 0.789 bits per heavy atom. The largest absolute Gasteiger partial charge is 0.543 e. The van der Waals surface area contributed by atoms with Gasteiger partial charge in [-0.2, -0.15) is 0 Å². The molecule has 1 N–H and O–H groups in total. The van der Waals surface area contributed by atoms with Crippen molar-refractivity contribution < 1.29 is 18.5 Å². The molecule has 38 heavy (non-hydrogen) atoms. The number of carbonyl (C=O) groups excluding carboxylic acids is 1. The maximum Gasteiger partial charge on any atom is 0.356 e. The van der Waals surface area contributed by atoms with Gasteiger partial charge in [-0.3, -0.25) is 0 Å². The molecule has 0 heterocycles. The second-order valence-electron chi connectivity index (χ2n) is 13.8. The van der Waals surface area contributed by atoms with Crippen molar-refractivity contribution in [2.75, 3.05) is 0 Å². The predicted molar refractivity (Wildman–Crippen MR) is 162 cm³/mol. The fourth-order valence-electron chi connectivity index (χ4n) is 4.17. The van der Waals surface area contributed by atoms with Gasteiger partial charge in [0.05, 0.1) is 5.56 Å². The van der Waals surface area contributed by atoms with Crippen LogP contribution in [-0.2, 0) is 4.84 Å².